The molecular weight excluding hydrogens is 222 g/mol. The Balaban J connectivity index is 2.51. The second kappa shape index (κ2) is 4.40. The molecule has 0 unspecified atom stereocenters. The van der Waals surface area contributed by atoms with Crippen LogP contribution in [-0.4, -0.2) is 26.0 Å². The van der Waals surface area contributed by atoms with Gasteiger partial charge in [0.05, 0.1) is 6.20 Å². The Morgan fingerprint density at radius 2 is 2.29 bits per heavy atom. The normalized spacial score (nSPS) is 10.7. The molecule has 6 heteroatoms. The zero-order valence-corrected chi connectivity index (χ0v) is 9.67. The molecule has 2 aromatic rings. The van der Waals surface area contributed by atoms with E-state index in [2.05, 4.69) is 10.3 Å². The molecule has 0 saturated carbocycles. The summed E-state index contributed by atoms with van der Waals surface area (Å²) >= 11 is 0. The first-order valence-corrected chi connectivity index (χ1v) is 5.42. The Labute approximate surface area is 97.8 Å². The third kappa shape index (κ3) is 1.93. The monoisotopic (exact) mass is 235 g/mol. The molecule has 0 atom stereocenters. The van der Waals surface area contributed by atoms with E-state index in [4.69, 9.17) is 9.63 Å². The van der Waals surface area contributed by atoms with Gasteiger partial charge >= 0.3 is 5.97 Å². The highest BCUT2D eigenvalue weighted by Gasteiger charge is 2.23. The molecule has 90 valence electrons. The standard InChI is InChI=1S/C11H13N3O3/c1-3-8-9(11(15)16)10(13-17-8)7-5-12-14(4-2)6-7/h5-6H,3-4H2,1-2H3,(H,15,16). The van der Waals surface area contributed by atoms with Gasteiger partial charge in [0.2, 0.25) is 0 Å². The highest BCUT2D eigenvalue weighted by Crippen LogP contribution is 2.25. The molecule has 2 heterocycles. The van der Waals surface area contributed by atoms with Crippen LogP contribution >= 0.6 is 0 Å². The molecule has 0 amide bonds. The van der Waals surface area contributed by atoms with Gasteiger partial charge in [0.15, 0.2) is 5.76 Å². The third-order valence-electron chi connectivity index (χ3n) is 2.53. The quantitative estimate of drug-likeness (QED) is 0.874. The van der Waals surface area contributed by atoms with Gasteiger partial charge < -0.3 is 9.63 Å². The molecule has 2 rings (SSSR count). The van der Waals surface area contributed by atoms with Crippen molar-refractivity contribution in [2.75, 3.05) is 0 Å². The predicted molar refractivity (Wildman–Crippen MR) is 59.7 cm³/mol. The maximum Gasteiger partial charge on any atom is 0.341 e. The highest BCUT2D eigenvalue weighted by atomic mass is 16.5. The number of aromatic carboxylic acids is 1. The van der Waals surface area contributed by atoms with E-state index < -0.39 is 5.97 Å². The summed E-state index contributed by atoms with van der Waals surface area (Å²) in [5.41, 5.74) is 1.13. The van der Waals surface area contributed by atoms with Crippen LogP contribution in [0.25, 0.3) is 11.3 Å². The van der Waals surface area contributed by atoms with E-state index in [-0.39, 0.29) is 5.56 Å². The van der Waals surface area contributed by atoms with Crippen LogP contribution in [0.15, 0.2) is 16.9 Å². The SMILES string of the molecule is CCc1onc(-c2cnn(CC)c2)c1C(=O)O. The number of hydrogen-bond acceptors (Lipinski definition) is 4. The van der Waals surface area contributed by atoms with Crippen LogP contribution < -0.4 is 0 Å². The first-order valence-electron chi connectivity index (χ1n) is 5.42. The largest absolute Gasteiger partial charge is 0.477 e. The Morgan fingerprint density at radius 1 is 1.53 bits per heavy atom. The Kier molecular flexibility index (Phi) is 2.95. The molecule has 6 nitrogen and oxygen atoms in total. The summed E-state index contributed by atoms with van der Waals surface area (Å²) in [4.78, 5) is 11.2. The molecule has 0 radical (unpaired) electrons. The van der Waals surface area contributed by atoms with E-state index in [0.29, 0.717) is 23.4 Å². The van der Waals surface area contributed by atoms with Crippen molar-refractivity contribution >= 4 is 5.97 Å². The Bertz CT molecular complexity index is 542. The van der Waals surface area contributed by atoms with Gasteiger partial charge in [0.25, 0.3) is 0 Å². The number of aromatic nitrogens is 3. The van der Waals surface area contributed by atoms with Gasteiger partial charge in [0, 0.05) is 24.7 Å². The van der Waals surface area contributed by atoms with Crippen LogP contribution in [0.5, 0.6) is 0 Å². The lowest BCUT2D eigenvalue weighted by atomic mass is 10.1. The first kappa shape index (κ1) is 11.4. The number of rotatable bonds is 4. The van der Waals surface area contributed by atoms with Gasteiger partial charge in [-0.25, -0.2) is 4.79 Å². The van der Waals surface area contributed by atoms with Crippen LogP contribution in [0, 0.1) is 0 Å². The molecule has 17 heavy (non-hydrogen) atoms. The number of carboxylic acids is 1. The van der Waals surface area contributed by atoms with E-state index in [9.17, 15) is 4.79 Å². The van der Waals surface area contributed by atoms with Crippen molar-refractivity contribution in [3.05, 3.63) is 23.7 Å². The summed E-state index contributed by atoms with van der Waals surface area (Å²) in [6.07, 6.45) is 3.84. The Hall–Kier alpha value is -2.11. The summed E-state index contributed by atoms with van der Waals surface area (Å²) in [5.74, 6) is -0.640. The second-order valence-electron chi connectivity index (χ2n) is 3.57. The fraction of sp³-hybridized carbons (Fsp3) is 0.364. The molecule has 0 spiro atoms. The van der Waals surface area contributed by atoms with Gasteiger partial charge in [-0.2, -0.15) is 5.10 Å². The van der Waals surface area contributed by atoms with Gasteiger partial charge in [-0.3, -0.25) is 4.68 Å². The lowest BCUT2D eigenvalue weighted by Gasteiger charge is -1.94. The average Bonchev–Trinajstić information content (AvgIpc) is 2.94. The van der Waals surface area contributed by atoms with Crippen LogP contribution in [0.3, 0.4) is 0 Å². The number of nitrogens with zero attached hydrogens (tertiary/aromatic N) is 3. The van der Waals surface area contributed by atoms with Crippen LogP contribution in [-0.2, 0) is 13.0 Å². The van der Waals surface area contributed by atoms with Crippen molar-refractivity contribution in [1.82, 2.24) is 14.9 Å². The zero-order valence-electron chi connectivity index (χ0n) is 9.67. The summed E-state index contributed by atoms with van der Waals surface area (Å²) in [6.45, 7) is 4.50. The fourth-order valence-electron chi connectivity index (χ4n) is 1.64. The number of hydrogen-bond donors (Lipinski definition) is 1. The third-order valence-corrected chi connectivity index (χ3v) is 2.53. The van der Waals surface area contributed by atoms with E-state index in [1.54, 1.807) is 17.1 Å². The zero-order chi connectivity index (χ0) is 12.4. The molecular formula is C11H13N3O3. The van der Waals surface area contributed by atoms with Crippen molar-refractivity contribution in [1.29, 1.82) is 0 Å². The first-order chi connectivity index (χ1) is 8.17. The van der Waals surface area contributed by atoms with E-state index in [1.807, 2.05) is 13.8 Å². The van der Waals surface area contributed by atoms with Crippen LogP contribution in [0.4, 0.5) is 0 Å². The molecule has 0 aromatic carbocycles. The summed E-state index contributed by atoms with van der Waals surface area (Å²) in [6, 6.07) is 0. The molecule has 0 saturated heterocycles. The van der Waals surface area contributed by atoms with Crippen molar-refractivity contribution in [2.24, 2.45) is 0 Å². The van der Waals surface area contributed by atoms with Crippen molar-refractivity contribution < 1.29 is 14.4 Å². The maximum atomic E-state index is 11.2. The molecule has 1 N–H and O–H groups in total. The topological polar surface area (TPSA) is 81.2 Å². The van der Waals surface area contributed by atoms with Gasteiger partial charge in [-0.15, -0.1) is 0 Å². The van der Waals surface area contributed by atoms with Gasteiger partial charge in [-0.1, -0.05) is 12.1 Å². The van der Waals surface area contributed by atoms with Gasteiger partial charge in [0.1, 0.15) is 11.3 Å². The lowest BCUT2D eigenvalue weighted by Crippen LogP contribution is -2.00. The van der Waals surface area contributed by atoms with Crippen molar-refractivity contribution in [2.45, 2.75) is 26.8 Å². The number of aryl methyl sites for hydroxylation is 2. The minimum absolute atomic E-state index is 0.128. The van der Waals surface area contributed by atoms with E-state index >= 15 is 0 Å². The molecule has 0 aliphatic carbocycles. The molecule has 0 bridgehead atoms. The minimum atomic E-state index is -1.03. The summed E-state index contributed by atoms with van der Waals surface area (Å²) in [5, 5.41) is 17.1. The van der Waals surface area contributed by atoms with E-state index in [0.717, 1.165) is 6.54 Å². The number of carboxylic acid groups (broad SMARTS) is 1. The fourth-order valence-corrected chi connectivity index (χ4v) is 1.64. The second-order valence-corrected chi connectivity index (χ2v) is 3.57. The predicted octanol–water partition coefficient (Wildman–Crippen LogP) is 1.82. The van der Waals surface area contributed by atoms with Crippen LogP contribution in [0.1, 0.15) is 30.0 Å². The number of carbonyl (C=O) groups is 1. The highest BCUT2D eigenvalue weighted by molar-refractivity contribution is 5.95. The van der Waals surface area contributed by atoms with Crippen molar-refractivity contribution in [3.8, 4) is 11.3 Å². The summed E-state index contributed by atoms with van der Waals surface area (Å²) < 4.78 is 6.75. The minimum Gasteiger partial charge on any atom is -0.477 e. The van der Waals surface area contributed by atoms with Crippen LogP contribution in [0.2, 0.25) is 0 Å². The molecule has 0 aliphatic rings. The maximum absolute atomic E-state index is 11.2. The Morgan fingerprint density at radius 3 is 2.82 bits per heavy atom. The van der Waals surface area contributed by atoms with Crippen molar-refractivity contribution in [3.63, 3.8) is 0 Å². The molecule has 0 fully saturated rings. The average molecular weight is 235 g/mol. The lowest BCUT2D eigenvalue weighted by molar-refractivity contribution is 0.0695. The molecule has 2 aromatic heterocycles. The molecule has 0 aliphatic heterocycles. The van der Waals surface area contributed by atoms with E-state index in [1.165, 1.54) is 0 Å². The summed E-state index contributed by atoms with van der Waals surface area (Å²) in [7, 11) is 0. The van der Waals surface area contributed by atoms with Gasteiger partial charge in [-0.05, 0) is 6.92 Å². The smallest absolute Gasteiger partial charge is 0.341 e.